The number of halogens is 1. The number of benzene rings is 2. The SMILES string of the molecule is CCC(=O)Nc1ccc(C(=O)NNC(=O)c2ccc(OCCC(C)C)c(Br)c2)cc1. The lowest BCUT2D eigenvalue weighted by Gasteiger charge is -2.12. The van der Waals surface area contributed by atoms with Crippen molar-refractivity contribution >= 4 is 39.3 Å². The van der Waals surface area contributed by atoms with Gasteiger partial charge in [-0.25, -0.2) is 0 Å². The van der Waals surface area contributed by atoms with Crippen molar-refractivity contribution in [3.63, 3.8) is 0 Å². The van der Waals surface area contributed by atoms with E-state index in [2.05, 4.69) is 45.9 Å². The Bertz CT molecular complexity index is 898. The Morgan fingerprint density at radius 3 is 2.13 bits per heavy atom. The first kappa shape index (κ1) is 23.4. The first-order chi connectivity index (χ1) is 14.3. The highest BCUT2D eigenvalue weighted by Gasteiger charge is 2.12. The Balaban J connectivity index is 1.89. The Morgan fingerprint density at radius 1 is 0.967 bits per heavy atom. The number of rotatable bonds is 8. The van der Waals surface area contributed by atoms with Crippen LogP contribution in [-0.4, -0.2) is 24.3 Å². The topological polar surface area (TPSA) is 96.5 Å². The van der Waals surface area contributed by atoms with Gasteiger partial charge >= 0.3 is 0 Å². The number of ether oxygens (including phenoxy) is 1. The molecule has 0 aliphatic rings. The summed E-state index contributed by atoms with van der Waals surface area (Å²) in [5, 5.41) is 2.70. The van der Waals surface area contributed by atoms with Gasteiger partial charge in [-0.2, -0.15) is 0 Å². The van der Waals surface area contributed by atoms with Crippen LogP contribution in [0.15, 0.2) is 46.9 Å². The number of carbonyl (C=O) groups is 3. The fraction of sp³-hybridized carbons (Fsp3) is 0.318. The first-order valence-corrected chi connectivity index (χ1v) is 10.5. The van der Waals surface area contributed by atoms with Gasteiger partial charge in [-0.05, 0) is 70.7 Å². The molecule has 0 saturated carbocycles. The fourth-order valence-electron chi connectivity index (χ4n) is 2.38. The van der Waals surface area contributed by atoms with Gasteiger partial charge in [0.2, 0.25) is 5.91 Å². The van der Waals surface area contributed by atoms with Crippen LogP contribution in [0.4, 0.5) is 5.69 Å². The zero-order chi connectivity index (χ0) is 22.1. The molecule has 0 radical (unpaired) electrons. The minimum atomic E-state index is -0.468. The largest absolute Gasteiger partial charge is 0.492 e. The van der Waals surface area contributed by atoms with E-state index in [4.69, 9.17) is 4.74 Å². The molecule has 30 heavy (non-hydrogen) atoms. The average molecular weight is 476 g/mol. The van der Waals surface area contributed by atoms with Crippen LogP contribution in [-0.2, 0) is 4.79 Å². The third-order valence-electron chi connectivity index (χ3n) is 4.19. The minimum absolute atomic E-state index is 0.109. The molecule has 0 atom stereocenters. The maximum atomic E-state index is 12.3. The van der Waals surface area contributed by atoms with Crippen molar-refractivity contribution in [3.8, 4) is 5.75 Å². The summed E-state index contributed by atoms with van der Waals surface area (Å²) in [6, 6.07) is 11.3. The van der Waals surface area contributed by atoms with Crippen LogP contribution in [0.1, 0.15) is 54.3 Å². The molecule has 2 rings (SSSR count). The van der Waals surface area contributed by atoms with Gasteiger partial charge in [0.1, 0.15) is 5.75 Å². The smallest absolute Gasteiger partial charge is 0.269 e. The number of hydrogen-bond donors (Lipinski definition) is 3. The molecule has 0 fully saturated rings. The van der Waals surface area contributed by atoms with Crippen molar-refractivity contribution in [3.05, 3.63) is 58.1 Å². The maximum Gasteiger partial charge on any atom is 0.269 e. The zero-order valence-electron chi connectivity index (χ0n) is 17.3. The summed E-state index contributed by atoms with van der Waals surface area (Å²) in [6.07, 6.45) is 1.31. The quantitative estimate of drug-likeness (QED) is 0.495. The van der Waals surface area contributed by atoms with E-state index in [0.29, 0.717) is 46.0 Å². The predicted molar refractivity (Wildman–Crippen MR) is 119 cm³/mol. The molecular weight excluding hydrogens is 450 g/mol. The number of nitrogens with one attached hydrogen (secondary N) is 3. The zero-order valence-corrected chi connectivity index (χ0v) is 18.8. The van der Waals surface area contributed by atoms with E-state index < -0.39 is 11.8 Å². The van der Waals surface area contributed by atoms with Gasteiger partial charge in [0.05, 0.1) is 11.1 Å². The number of hydrazine groups is 1. The molecule has 0 aliphatic heterocycles. The Kier molecular flexibility index (Phi) is 8.86. The summed E-state index contributed by atoms with van der Waals surface area (Å²) < 4.78 is 6.37. The molecule has 8 heteroatoms. The van der Waals surface area contributed by atoms with Crippen molar-refractivity contribution < 1.29 is 19.1 Å². The lowest BCUT2D eigenvalue weighted by atomic mass is 10.1. The second kappa shape index (κ2) is 11.3. The fourth-order valence-corrected chi connectivity index (χ4v) is 2.87. The van der Waals surface area contributed by atoms with Crippen molar-refractivity contribution in [2.75, 3.05) is 11.9 Å². The molecule has 0 bridgehead atoms. The van der Waals surface area contributed by atoms with Gasteiger partial charge in [-0.15, -0.1) is 0 Å². The van der Waals surface area contributed by atoms with Crippen LogP contribution < -0.4 is 20.9 Å². The lowest BCUT2D eigenvalue weighted by Crippen LogP contribution is -2.41. The first-order valence-electron chi connectivity index (χ1n) is 9.73. The summed E-state index contributed by atoms with van der Waals surface area (Å²) in [7, 11) is 0. The van der Waals surface area contributed by atoms with Crippen LogP contribution in [0.2, 0.25) is 0 Å². The van der Waals surface area contributed by atoms with Crippen molar-refractivity contribution in [2.45, 2.75) is 33.6 Å². The lowest BCUT2D eigenvalue weighted by molar-refractivity contribution is -0.115. The predicted octanol–water partition coefficient (Wildman–Crippen LogP) is 4.30. The van der Waals surface area contributed by atoms with Gasteiger partial charge in [0.25, 0.3) is 11.8 Å². The molecule has 0 unspecified atom stereocenters. The van der Waals surface area contributed by atoms with Gasteiger partial charge in [-0.1, -0.05) is 20.8 Å². The van der Waals surface area contributed by atoms with E-state index in [0.717, 1.165) is 6.42 Å². The number of anilines is 1. The molecule has 0 aromatic heterocycles. The van der Waals surface area contributed by atoms with Crippen molar-refractivity contribution in [1.29, 1.82) is 0 Å². The molecule has 3 N–H and O–H groups in total. The summed E-state index contributed by atoms with van der Waals surface area (Å²) in [5.74, 6) is 0.172. The Hall–Kier alpha value is -2.87. The average Bonchev–Trinajstić information content (AvgIpc) is 2.73. The highest BCUT2D eigenvalue weighted by molar-refractivity contribution is 9.10. The van der Waals surface area contributed by atoms with E-state index in [1.807, 2.05) is 0 Å². The third-order valence-corrected chi connectivity index (χ3v) is 4.81. The third kappa shape index (κ3) is 7.18. The van der Waals surface area contributed by atoms with Gasteiger partial charge in [0.15, 0.2) is 0 Å². The Morgan fingerprint density at radius 2 is 1.57 bits per heavy atom. The van der Waals surface area contributed by atoms with E-state index in [1.54, 1.807) is 49.4 Å². The van der Waals surface area contributed by atoms with E-state index in [1.165, 1.54) is 0 Å². The maximum absolute atomic E-state index is 12.3. The summed E-state index contributed by atoms with van der Waals surface area (Å²) in [6.45, 7) is 6.60. The summed E-state index contributed by atoms with van der Waals surface area (Å²) >= 11 is 3.41. The molecule has 0 saturated heterocycles. The highest BCUT2D eigenvalue weighted by Crippen LogP contribution is 2.26. The number of hydrogen-bond acceptors (Lipinski definition) is 4. The molecule has 3 amide bonds. The second-order valence-corrected chi connectivity index (χ2v) is 7.92. The van der Waals surface area contributed by atoms with Crippen LogP contribution >= 0.6 is 15.9 Å². The van der Waals surface area contributed by atoms with Crippen molar-refractivity contribution in [1.82, 2.24) is 10.9 Å². The van der Waals surface area contributed by atoms with Crippen LogP contribution in [0.3, 0.4) is 0 Å². The van der Waals surface area contributed by atoms with E-state index in [9.17, 15) is 14.4 Å². The van der Waals surface area contributed by atoms with Crippen LogP contribution in [0, 0.1) is 5.92 Å². The number of carbonyl (C=O) groups excluding carboxylic acids is 3. The Labute approximate surface area is 184 Å². The standard InChI is InChI=1S/C22H26BrN3O4/c1-4-20(27)24-17-8-5-15(6-9-17)21(28)25-26-22(29)16-7-10-19(18(23)13-16)30-12-11-14(2)3/h5-10,13-14H,4,11-12H2,1-3H3,(H,24,27)(H,25,28)(H,26,29). The van der Waals surface area contributed by atoms with Crippen LogP contribution in [0.5, 0.6) is 5.75 Å². The van der Waals surface area contributed by atoms with Crippen LogP contribution in [0.25, 0.3) is 0 Å². The highest BCUT2D eigenvalue weighted by atomic mass is 79.9. The monoisotopic (exact) mass is 475 g/mol. The second-order valence-electron chi connectivity index (χ2n) is 7.06. The van der Waals surface area contributed by atoms with E-state index in [-0.39, 0.29) is 5.91 Å². The van der Waals surface area contributed by atoms with Gasteiger partial charge < -0.3 is 10.1 Å². The minimum Gasteiger partial charge on any atom is -0.492 e. The molecule has 2 aromatic carbocycles. The van der Waals surface area contributed by atoms with E-state index >= 15 is 0 Å². The summed E-state index contributed by atoms with van der Waals surface area (Å²) in [4.78, 5) is 35.9. The van der Waals surface area contributed by atoms with Gasteiger partial charge in [-0.3, -0.25) is 25.2 Å². The molecular formula is C22H26BrN3O4. The molecule has 0 spiro atoms. The molecule has 0 heterocycles. The molecule has 7 nitrogen and oxygen atoms in total. The molecule has 0 aliphatic carbocycles. The van der Waals surface area contributed by atoms with Gasteiger partial charge in [0, 0.05) is 23.2 Å². The normalized spacial score (nSPS) is 10.4. The molecule has 2 aromatic rings. The molecule has 160 valence electrons. The number of amides is 3. The van der Waals surface area contributed by atoms with Crippen molar-refractivity contribution in [2.24, 2.45) is 5.92 Å². The summed E-state index contributed by atoms with van der Waals surface area (Å²) in [5.41, 5.74) is 6.08.